The Hall–Kier alpha value is -1.38. The zero-order valence-corrected chi connectivity index (χ0v) is 14.8. The van der Waals surface area contributed by atoms with Crippen molar-refractivity contribution in [2.45, 2.75) is 18.9 Å². The number of methoxy groups -OCH3 is 1. The molecule has 138 valence electrons. The first-order valence-electron chi connectivity index (χ1n) is 8.69. The Labute approximate surface area is 144 Å². The van der Waals surface area contributed by atoms with Crippen LogP contribution in [0.15, 0.2) is 4.99 Å². The molecule has 8 heteroatoms. The lowest BCUT2D eigenvalue weighted by Gasteiger charge is -2.37. The van der Waals surface area contributed by atoms with Gasteiger partial charge in [0.1, 0.15) is 6.10 Å². The molecule has 0 aromatic heterocycles. The highest BCUT2D eigenvalue weighted by Gasteiger charge is 2.30. The molecule has 0 saturated carbocycles. The summed E-state index contributed by atoms with van der Waals surface area (Å²) in [6, 6.07) is 0. The molecule has 0 spiro atoms. The molecule has 8 nitrogen and oxygen atoms in total. The van der Waals surface area contributed by atoms with Crippen LogP contribution in [0, 0.1) is 0 Å². The summed E-state index contributed by atoms with van der Waals surface area (Å²) >= 11 is 0. The second kappa shape index (κ2) is 10.5. The van der Waals surface area contributed by atoms with Crippen molar-refractivity contribution in [3.63, 3.8) is 0 Å². The number of hydrogen-bond donors (Lipinski definition) is 1. The van der Waals surface area contributed by atoms with E-state index in [0.29, 0.717) is 46.1 Å². The number of ether oxygens (including phenoxy) is 3. The third-order valence-corrected chi connectivity index (χ3v) is 4.27. The summed E-state index contributed by atoms with van der Waals surface area (Å²) in [4.78, 5) is 20.8. The van der Waals surface area contributed by atoms with Gasteiger partial charge < -0.3 is 29.3 Å². The monoisotopic (exact) mass is 342 g/mol. The number of nitrogens with zero attached hydrogens (tertiary/aromatic N) is 3. The maximum absolute atomic E-state index is 12.4. The summed E-state index contributed by atoms with van der Waals surface area (Å²) in [5.41, 5.74) is 0. The van der Waals surface area contributed by atoms with Crippen LogP contribution in [0.1, 0.15) is 12.8 Å². The van der Waals surface area contributed by atoms with Gasteiger partial charge in [0.15, 0.2) is 5.96 Å². The molecular weight excluding hydrogens is 312 g/mol. The number of aliphatic imine (C=N–C) groups is 1. The molecule has 2 heterocycles. The maximum atomic E-state index is 12.4. The van der Waals surface area contributed by atoms with Crippen LogP contribution >= 0.6 is 0 Å². The minimum Gasteiger partial charge on any atom is -0.382 e. The number of carbonyl (C=O) groups excluding carboxylic acids is 1. The molecule has 0 aromatic rings. The highest BCUT2D eigenvalue weighted by atomic mass is 16.5. The summed E-state index contributed by atoms with van der Waals surface area (Å²) in [5.74, 6) is 0.996. The van der Waals surface area contributed by atoms with Crippen LogP contribution in [0.5, 0.6) is 0 Å². The third-order valence-electron chi connectivity index (χ3n) is 4.27. The lowest BCUT2D eigenvalue weighted by Crippen LogP contribution is -2.55. The number of piperazine rings is 1. The molecular formula is C16H30N4O4. The molecule has 24 heavy (non-hydrogen) atoms. The summed E-state index contributed by atoms with van der Waals surface area (Å²) in [6.45, 7) is 6.21. The Bertz CT molecular complexity index is 405. The van der Waals surface area contributed by atoms with Crippen LogP contribution in [0.25, 0.3) is 0 Å². The van der Waals surface area contributed by atoms with Crippen LogP contribution in [0.4, 0.5) is 0 Å². The van der Waals surface area contributed by atoms with Gasteiger partial charge in [-0.25, -0.2) is 0 Å². The maximum Gasteiger partial charge on any atom is 0.251 e. The summed E-state index contributed by atoms with van der Waals surface area (Å²) in [7, 11) is 3.44. The molecule has 0 aromatic carbocycles. The lowest BCUT2D eigenvalue weighted by molar-refractivity contribution is -0.142. The van der Waals surface area contributed by atoms with E-state index in [-0.39, 0.29) is 12.0 Å². The smallest absolute Gasteiger partial charge is 0.251 e. The average Bonchev–Trinajstić information content (AvgIpc) is 3.15. The number of rotatable bonds is 7. The second-order valence-electron chi connectivity index (χ2n) is 5.89. The van der Waals surface area contributed by atoms with Crippen LogP contribution < -0.4 is 5.32 Å². The van der Waals surface area contributed by atoms with Gasteiger partial charge >= 0.3 is 0 Å². The van der Waals surface area contributed by atoms with Crippen molar-refractivity contribution in [1.29, 1.82) is 0 Å². The van der Waals surface area contributed by atoms with Crippen molar-refractivity contribution >= 4 is 11.9 Å². The van der Waals surface area contributed by atoms with E-state index in [1.165, 1.54) is 0 Å². The Balaban J connectivity index is 1.66. The molecule has 1 atom stereocenters. The second-order valence-corrected chi connectivity index (χ2v) is 5.89. The number of hydrogen-bond acceptors (Lipinski definition) is 5. The molecule has 2 rings (SSSR count). The largest absolute Gasteiger partial charge is 0.382 e. The van der Waals surface area contributed by atoms with Crippen molar-refractivity contribution < 1.29 is 19.0 Å². The SMILES string of the molecule is CN=C(NCCOCCOC)N1CCN(C(=O)C2CCCO2)CC1. The third kappa shape index (κ3) is 5.61. The average molecular weight is 342 g/mol. The minimum atomic E-state index is -0.224. The van der Waals surface area contributed by atoms with E-state index in [1.807, 2.05) is 4.90 Å². The highest BCUT2D eigenvalue weighted by Crippen LogP contribution is 2.16. The molecule has 1 amide bonds. The Morgan fingerprint density at radius 2 is 1.96 bits per heavy atom. The van der Waals surface area contributed by atoms with E-state index in [2.05, 4.69) is 15.2 Å². The molecule has 0 radical (unpaired) electrons. The van der Waals surface area contributed by atoms with E-state index >= 15 is 0 Å². The number of amides is 1. The van der Waals surface area contributed by atoms with Crippen LogP contribution in [0.3, 0.4) is 0 Å². The quantitative estimate of drug-likeness (QED) is 0.384. The Morgan fingerprint density at radius 1 is 1.21 bits per heavy atom. The van der Waals surface area contributed by atoms with Crippen molar-refractivity contribution in [3.8, 4) is 0 Å². The minimum absolute atomic E-state index is 0.140. The standard InChI is InChI=1S/C16H30N4O4/c1-17-16(18-5-11-23-13-12-22-2)20-8-6-19(7-9-20)15(21)14-4-3-10-24-14/h14H,3-13H2,1-2H3,(H,17,18). The fraction of sp³-hybridized carbons (Fsp3) is 0.875. The molecule has 2 aliphatic rings. The van der Waals surface area contributed by atoms with E-state index < -0.39 is 0 Å². The number of guanidine groups is 1. The number of carbonyl (C=O) groups is 1. The van der Waals surface area contributed by atoms with Gasteiger partial charge in [0, 0.05) is 53.5 Å². The predicted octanol–water partition coefficient (Wildman–Crippen LogP) is -0.452. The van der Waals surface area contributed by atoms with Crippen molar-refractivity contribution in [2.75, 3.05) is 73.3 Å². The van der Waals surface area contributed by atoms with Crippen molar-refractivity contribution in [3.05, 3.63) is 0 Å². The van der Waals surface area contributed by atoms with Crippen molar-refractivity contribution in [1.82, 2.24) is 15.1 Å². The van der Waals surface area contributed by atoms with Gasteiger partial charge in [0.2, 0.25) is 0 Å². The molecule has 2 saturated heterocycles. The zero-order valence-electron chi connectivity index (χ0n) is 14.8. The molecule has 0 aliphatic carbocycles. The zero-order chi connectivity index (χ0) is 17.2. The van der Waals surface area contributed by atoms with E-state index in [4.69, 9.17) is 14.2 Å². The van der Waals surface area contributed by atoms with E-state index in [1.54, 1.807) is 14.2 Å². The van der Waals surface area contributed by atoms with Gasteiger partial charge in [-0.15, -0.1) is 0 Å². The van der Waals surface area contributed by atoms with E-state index in [9.17, 15) is 4.79 Å². The normalized spacial score (nSPS) is 22.1. The van der Waals surface area contributed by atoms with Gasteiger partial charge in [0.05, 0.1) is 19.8 Å². The van der Waals surface area contributed by atoms with Crippen LogP contribution in [0.2, 0.25) is 0 Å². The molecule has 1 unspecified atom stereocenters. The fourth-order valence-corrected chi connectivity index (χ4v) is 2.93. The first kappa shape index (κ1) is 19.0. The van der Waals surface area contributed by atoms with Crippen molar-refractivity contribution in [2.24, 2.45) is 4.99 Å². The van der Waals surface area contributed by atoms with Gasteiger partial charge in [-0.3, -0.25) is 9.79 Å². The Kier molecular flexibility index (Phi) is 8.27. The summed E-state index contributed by atoms with van der Waals surface area (Å²) < 4.78 is 15.9. The predicted molar refractivity (Wildman–Crippen MR) is 91.2 cm³/mol. The molecule has 2 aliphatic heterocycles. The molecule has 2 fully saturated rings. The summed E-state index contributed by atoms with van der Waals surface area (Å²) in [5, 5.41) is 3.30. The van der Waals surface area contributed by atoms with Crippen LogP contribution in [-0.4, -0.2) is 101 Å². The molecule has 0 bridgehead atoms. The lowest BCUT2D eigenvalue weighted by atomic mass is 10.2. The summed E-state index contributed by atoms with van der Waals surface area (Å²) in [6.07, 6.45) is 1.61. The fourth-order valence-electron chi connectivity index (χ4n) is 2.93. The first-order chi connectivity index (χ1) is 11.8. The van der Waals surface area contributed by atoms with E-state index in [0.717, 1.165) is 31.9 Å². The van der Waals surface area contributed by atoms with Gasteiger partial charge in [-0.2, -0.15) is 0 Å². The van der Waals surface area contributed by atoms with Gasteiger partial charge in [0.25, 0.3) is 5.91 Å². The highest BCUT2D eigenvalue weighted by molar-refractivity contribution is 5.82. The molecule has 1 N–H and O–H groups in total. The van der Waals surface area contributed by atoms with Crippen LogP contribution in [-0.2, 0) is 19.0 Å². The van der Waals surface area contributed by atoms with Gasteiger partial charge in [-0.1, -0.05) is 0 Å². The topological polar surface area (TPSA) is 75.6 Å². The number of nitrogens with one attached hydrogen (secondary N) is 1. The first-order valence-corrected chi connectivity index (χ1v) is 8.69. The Morgan fingerprint density at radius 3 is 2.58 bits per heavy atom. The van der Waals surface area contributed by atoms with Gasteiger partial charge in [-0.05, 0) is 12.8 Å².